The number of carbonyl (C=O) groups excluding carboxylic acids is 2. The lowest BCUT2D eigenvalue weighted by atomic mass is 10.1. The van der Waals surface area contributed by atoms with Crippen LogP contribution in [0.1, 0.15) is 21.9 Å². The Bertz CT molecular complexity index is 1380. The van der Waals surface area contributed by atoms with Gasteiger partial charge in [0.25, 0.3) is 5.91 Å². The van der Waals surface area contributed by atoms with Crippen molar-refractivity contribution in [1.82, 2.24) is 24.8 Å². The maximum Gasteiger partial charge on any atom is 0.261 e. The molecule has 3 aromatic heterocycles. The number of halogens is 1. The van der Waals surface area contributed by atoms with E-state index in [0.29, 0.717) is 35.1 Å². The highest BCUT2D eigenvalue weighted by atomic mass is 35.5. The molecule has 5 rings (SSSR count). The Morgan fingerprint density at radius 1 is 1.20 bits per heavy atom. The van der Waals surface area contributed by atoms with Crippen molar-refractivity contribution in [3.05, 3.63) is 70.7 Å². The summed E-state index contributed by atoms with van der Waals surface area (Å²) in [5.41, 5.74) is 2.56. The van der Waals surface area contributed by atoms with E-state index in [1.54, 1.807) is 23.2 Å². The fourth-order valence-corrected chi connectivity index (χ4v) is 5.34. The van der Waals surface area contributed by atoms with Crippen LogP contribution in [0.4, 0.5) is 5.69 Å². The zero-order valence-corrected chi connectivity index (χ0v) is 21.0. The zero-order chi connectivity index (χ0) is 24.5. The van der Waals surface area contributed by atoms with E-state index in [9.17, 15) is 9.59 Å². The molecule has 4 aromatic rings. The Labute approximate surface area is 212 Å². The van der Waals surface area contributed by atoms with Crippen LogP contribution in [0.25, 0.3) is 15.9 Å². The van der Waals surface area contributed by atoms with Crippen LogP contribution in [0.15, 0.2) is 54.9 Å². The van der Waals surface area contributed by atoms with Crippen LogP contribution in [0, 0.1) is 5.92 Å². The molecule has 1 N–H and O–H groups in total. The Hall–Kier alpha value is -3.27. The highest BCUT2D eigenvalue weighted by Crippen LogP contribution is 2.28. The van der Waals surface area contributed by atoms with E-state index in [-0.39, 0.29) is 17.7 Å². The van der Waals surface area contributed by atoms with Crippen molar-refractivity contribution in [2.24, 2.45) is 5.92 Å². The number of thiophene rings is 1. The molecular weight excluding hydrogens is 484 g/mol. The van der Waals surface area contributed by atoms with E-state index in [1.165, 1.54) is 11.3 Å². The second-order valence-corrected chi connectivity index (χ2v) is 10.4. The quantitative estimate of drug-likeness (QED) is 0.382. The van der Waals surface area contributed by atoms with Crippen molar-refractivity contribution < 1.29 is 9.59 Å². The second kappa shape index (κ2) is 9.77. The van der Waals surface area contributed by atoms with Crippen LogP contribution in [0.3, 0.4) is 0 Å². The topological polar surface area (TPSA) is 83.4 Å². The number of imidazole rings is 1. The largest absolute Gasteiger partial charge is 0.351 e. The normalized spacial score (nSPS) is 15.9. The number of nitrogens with one attached hydrogen (secondary N) is 1. The molecule has 0 saturated carbocycles. The van der Waals surface area contributed by atoms with Crippen LogP contribution in [-0.2, 0) is 11.3 Å². The van der Waals surface area contributed by atoms with Crippen LogP contribution in [0.5, 0.6) is 0 Å². The fourth-order valence-electron chi connectivity index (χ4n) is 4.27. The standard InChI is InChI=1S/C25H25ClN6O2S/c1-30(2)15-23-27-9-10-31(23)17-3-5-18(6-4-17)32-14-16(11-24(32)33)13-28-25(34)21-12-19-20(35-21)7-8-22(26)29-19/h3-10,12,16H,11,13-15H2,1-2H3,(H,28,34). The molecule has 1 saturated heterocycles. The smallest absolute Gasteiger partial charge is 0.261 e. The number of amides is 2. The summed E-state index contributed by atoms with van der Waals surface area (Å²) in [4.78, 5) is 38.5. The summed E-state index contributed by atoms with van der Waals surface area (Å²) in [6, 6.07) is 13.2. The number of benzene rings is 1. The average molecular weight is 509 g/mol. The molecule has 35 heavy (non-hydrogen) atoms. The van der Waals surface area contributed by atoms with Gasteiger partial charge in [-0.25, -0.2) is 9.97 Å². The monoisotopic (exact) mass is 508 g/mol. The number of rotatable bonds is 7. The number of carbonyl (C=O) groups is 2. The summed E-state index contributed by atoms with van der Waals surface area (Å²) in [6.07, 6.45) is 4.13. The number of nitrogens with zero attached hydrogens (tertiary/aromatic N) is 5. The molecule has 1 atom stereocenters. The van der Waals surface area contributed by atoms with Gasteiger partial charge in [0.15, 0.2) is 0 Å². The summed E-state index contributed by atoms with van der Waals surface area (Å²) in [6.45, 7) is 1.74. The minimum absolute atomic E-state index is 0.0495. The summed E-state index contributed by atoms with van der Waals surface area (Å²) in [5, 5.41) is 3.38. The van der Waals surface area contributed by atoms with Crippen LogP contribution < -0.4 is 10.2 Å². The van der Waals surface area contributed by atoms with Crippen molar-refractivity contribution in [2.75, 3.05) is 32.1 Å². The molecule has 1 fully saturated rings. The number of hydrogen-bond donors (Lipinski definition) is 1. The van der Waals surface area contributed by atoms with Gasteiger partial charge in [0.1, 0.15) is 11.0 Å². The Balaban J connectivity index is 1.21. The molecule has 4 heterocycles. The summed E-state index contributed by atoms with van der Waals surface area (Å²) in [5.74, 6) is 0.906. The van der Waals surface area contributed by atoms with E-state index < -0.39 is 0 Å². The van der Waals surface area contributed by atoms with Gasteiger partial charge in [-0.15, -0.1) is 11.3 Å². The third-order valence-corrected chi connectivity index (χ3v) is 7.23. The van der Waals surface area contributed by atoms with Gasteiger partial charge in [-0.2, -0.15) is 0 Å². The Kier molecular flexibility index (Phi) is 6.55. The molecule has 10 heteroatoms. The molecule has 1 aromatic carbocycles. The predicted octanol–water partition coefficient (Wildman–Crippen LogP) is 3.98. The lowest BCUT2D eigenvalue weighted by Crippen LogP contribution is -2.30. The first-order chi connectivity index (χ1) is 16.9. The Morgan fingerprint density at radius 2 is 1.97 bits per heavy atom. The van der Waals surface area contributed by atoms with Crippen molar-refractivity contribution in [2.45, 2.75) is 13.0 Å². The van der Waals surface area contributed by atoms with Gasteiger partial charge in [0.05, 0.1) is 21.6 Å². The van der Waals surface area contributed by atoms with Crippen LogP contribution >= 0.6 is 22.9 Å². The van der Waals surface area contributed by atoms with Gasteiger partial charge >= 0.3 is 0 Å². The van der Waals surface area contributed by atoms with Crippen molar-refractivity contribution in [3.63, 3.8) is 0 Å². The molecule has 1 aliphatic heterocycles. The molecule has 180 valence electrons. The van der Waals surface area contributed by atoms with E-state index in [0.717, 1.165) is 28.4 Å². The van der Waals surface area contributed by atoms with Gasteiger partial charge in [-0.3, -0.25) is 9.59 Å². The molecule has 0 aliphatic carbocycles. The lowest BCUT2D eigenvalue weighted by Gasteiger charge is -2.18. The first-order valence-corrected chi connectivity index (χ1v) is 12.5. The highest BCUT2D eigenvalue weighted by Gasteiger charge is 2.31. The van der Waals surface area contributed by atoms with Gasteiger partial charge in [0.2, 0.25) is 5.91 Å². The minimum atomic E-state index is -0.159. The van der Waals surface area contributed by atoms with Crippen LogP contribution in [-0.4, -0.2) is 58.4 Å². The molecule has 0 bridgehead atoms. The molecule has 0 spiro atoms. The molecular formula is C25H25ClN6O2S. The number of fused-ring (bicyclic) bond motifs is 1. The molecule has 8 nitrogen and oxygen atoms in total. The zero-order valence-electron chi connectivity index (χ0n) is 19.4. The van der Waals surface area contributed by atoms with E-state index in [4.69, 9.17) is 11.6 Å². The third kappa shape index (κ3) is 5.07. The van der Waals surface area contributed by atoms with Crippen molar-refractivity contribution in [3.8, 4) is 5.69 Å². The van der Waals surface area contributed by atoms with Gasteiger partial charge < -0.3 is 19.7 Å². The lowest BCUT2D eigenvalue weighted by molar-refractivity contribution is -0.117. The fraction of sp³-hybridized carbons (Fsp3) is 0.280. The molecule has 2 amide bonds. The van der Waals surface area contributed by atoms with Gasteiger partial charge in [0, 0.05) is 49.2 Å². The predicted molar refractivity (Wildman–Crippen MR) is 138 cm³/mol. The number of anilines is 1. The molecule has 1 unspecified atom stereocenters. The summed E-state index contributed by atoms with van der Waals surface area (Å²) < 4.78 is 2.96. The van der Waals surface area contributed by atoms with E-state index >= 15 is 0 Å². The van der Waals surface area contributed by atoms with Crippen molar-refractivity contribution in [1.29, 1.82) is 0 Å². The molecule has 1 aliphatic rings. The van der Waals surface area contributed by atoms with E-state index in [2.05, 4.69) is 20.2 Å². The van der Waals surface area contributed by atoms with Gasteiger partial charge in [-0.05, 0) is 56.6 Å². The first kappa shape index (κ1) is 23.5. The van der Waals surface area contributed by atoms with E-state index in [1.807, 2.05) is 55.2 Å². The Morgan fingerprint density at radius 3 is 2.74 bits per heavy atom. The number of pyridine rings is 1. The third-order valence-electron chi connectivity index (χ3n) is 5.93. The minimum Gasteiger partial charge on any atom is -0.351 e. The average Bonchev–Trinajstić information content (AvgIpc) is 3.55. The summed E-state index contributed by atoms with van der Waals surface area (Å²) >= 11 is 7.32. The SMILES string of the molecule is CN(C)Cc1nccn1-c1ccc(N2CC(CNC(=O)c3cc4nc(Cl)ccc4s3)CC2=O)cc1. The maximum absolute atomic E-state index is 12.7. The second-order valence-electron chi connectivity index (χ2n) is 8.88. The first-order valence-electron chi connectivity index (χ1n) is 11.3. The van der Waals surface area contributed by atoms with Gasteiger partial charge in [-0.1, -0.05) is 11.6 Å². The maximum atomic E-state index is 12.7. The van der Waals surface area contributed by atoms with Crippen molar-refractivity contribution >= 4 is 50.7 Å². The summed E-state index contributed by atoms with van der Waals surface area (Å²) in [7, 11) is 4.02. The molecule has 0 radical (unpaired) electrons. The number of aromatic nitrogens is 3. The highest BCUT2D eigenvalue weighted by molar-refractivity contribution is 7.20. The number of hydrogen-bond acceptors (Lipinski definition) is 6. The van der Waals surface area contributed by atoms with Crippen LogP contribution in [0.2, 0.25) is 5.15 Å².